The van der Waals surface area contributed by atoms with Crippen LogP contribution in [-0.2, 0) is 9.59 Å². The van der Waals surface area contributed by atoms with Crippen LogP contribution >= 0.6 is 0 Å². The maximum absolute atomic E-state index is 12.3. The molecule has 3 atom stereocenters. The van der Waals surface area contributed by atoms with E-state index in [-0.39, 0.29) is 23.9 Å². The average molecular weight is 267 g/mol. The average Bonchev–Trinajstić information content (AvgIpc) is 2.30. The van der Waals surface area contributed by atoms with Crippen LogP contribution in [0.25, 0.3) is 0 Å². The van der Waals surface area contributed by atoms with E-state index in [4.69, 9.17) is 0 Å². The van der Waals surface area contributed by atoms with Crippen LogP contribution in [0, 0.1) is 17.8 Å². The summed E-state index contributed by atoms with van der Waals surface area (Å²) < 4.78 is 0. The number of likely N-dealkylation sites (tertiary alicyclic amines) is 1. The molecule has 1 saturated carbocycles. The number of amides is 1. The smallest absolute Gasteiger partial charge is 0.308 e. The summed E-state index contributed by atoms with van der Waals surface area (Å²) in [7, 11) is 0. The molecule has 0 aromatic heterocycles. The van der Waals surface area contributed by atoms with Gasteiger partial charge in [0, 0.05) is 18.5 Å². The van der Waals surface area contributed by atoms with E-state index in [9.17, 15) is 14.7 Å². The number of nitrogens with zero attached hydrogens (tertiary/aromatic N) is 1. The molecule has 1 amide bonds. The summed E-state index contributed by atoms with van der Waals surface area (Å²) in [6, 6.07) is 0.0835. The van der Waals surface area contributed by atoms with Gasteiger partial charge in [-0.3, -0.25) is 9.59 Å². The van der Waals surface area contributed by atoms with Gasteiger partial charge in [-0.25, -0.2) is 0 Å². The lowest BCUT2D eigenvalue weighted by molar-refractivity contribution is -0.157. The Morgan fingerprint density at radius 3 is 2.26 bits per heavy atom. The van der Waals surface area contributed by atoms with Crippen molar-refractivity contribution in [3.05, 3.63) is 0 Å². The van der Waals surface area contributed by atoms with E-state index in [0.29, 0.717) is 6.42 Å². The fraction of sp³-hybridized carbons (Fsp3) is 0.867. The molecule has 0 aromatic rings. The Hall–Kier alpha value is -1.06. The molecule has 0 aromatic carbocycles. The van der Waals surface area contributed by atoms with Crippen molar-refractivity contribution in [2.24, 2.45) is 17.8 Å². The predicted molar refractivity (Wildman–Crippen MR) is 72.6 cm³/mol. The quantitative estimate of drug-likeness (QED) is 0.836. The largest absolute Gasteiger partial charge is 0.481 e. The van der Waals surface area contributed by atoms with Gasteiger partial charge in [0.15, 0.2) is 0 Å². The van der Waals surface area contributed by atoms with E-state index in [1.54, 1.807) is 0 Å². The van der Waals surface area contributed by atoms with Crippen LogP contribution in [0.1, 0.15) is 52.9 Å². The molecule has 4 nitrogen and oxygen atoms in total. The fourth-order valence-corrected chi connectivity index (χ4v) is 3.89. The van der Waals surface area contributed by atoms with Crippen LogP contribution in [0.3, 0.4) is 0 Å². The lowest BCUT2D eigenvalue weighted by Crippen LogP contribution is -2.57. The third-order valence-electron chi connectivity index (χ3n) is 5.02. The van der Waals surface area contributed by atoms with Crippen molar-refractivity contribution >= 4 is 11.9 Å². The van der Waals surface area contributed by atoms with Gasteiger partial charge in [0.2, 0.25) is 5.91 Å². The molecule has 3 unspecified atom stereocenters. The summed E-state index contributed by atoms with van der Waals surface area (Å²) >= 11 is 0. The Kier molecular flexibility index (Phi) is 4.16. The first-order valence-electron chi connectivity index (χ1n) is 7.45. The number of carbonyl (C=O) groups excluding carboxylic acids is 1. The molecule has 2 fully saturated rings. The second-order valence-corrected chi connectivity index (χ2v) is 6.50. The Morgan fingerprint density at radius 1 is 1.16 bits per heavy atom. The zero-order valence-electron chi connectivity index (χ0n) is 12.1. The molecule has 1 aliphatic heterocycles. The third kappa shape index (κ3) is 2.77. The van der Waals surface area contributed by atoms with Gasteiger partial charge in [0.25, 0.3) is 0 Å². The molecule has 19 heavy (non-hydrogen) atoms. The second kappa shape index (κ2) is 5.51. The van der Waals surface area contributed by atoms with Gasteiger partial charge in [0.1, 0.15) is 0 Å². The van der Waals surface area contributed by atoms with E-state index < -0.39 is 11.9 Å². The first-order chi connectivity index (χ1) is 8.91. The first-order valence-corrected chi connectivity index (χ1v) is 7.45. The van der Waals surface area contributed by atoms with Crippen molar-refractivity contribution in [2.75, 3.05) is 0 Å². The number of hydrogen-bond acceptors (Lipinski definition) is 2. The number of aliphatic carboxylic acids is 1. The van der Waals surface area contributed by atoms with Crippen molar-refractivity contribution in [2.45, 2.75) is 65.0 Å². The van der Waals surface area contributed by atoms with Crippen LogP contribution < -0.4 is 0 Å². The SMILES string of the molecule is CC1CCC(N2C(=O)CC(C)C(C(=O)O)C2C)CC1. The first kappa shape index (κ1) is 14.4. The molecular weight excluding hydrogens is 242 g/mol. The zero-order valence-corrected chi connectivity index (χ0v) is 12.1. The summed E-state index contributed by atoms with van der Waals surface area (Å²) in [5.41, 5.74) is 0. The Morgan fingerprint density at radius 2 is 1.74 bits per heavy atom. The van der Waals surface area contributed by atoms with Gasteiger partial charge in [-0.15, -0.1) is 0 Å². The minimum absolute atomic E-state index is 0.0567. The lowest BCUT2D eigenvalue weighted by Gasteiger charge is -2.46. The summed E-state index contributed by atoms with van der Waals surface area (Å²) in [5.74, 6) is -0.352. The number of piperidine rings is 1. The van der Waals surface area contributed by atoms with E-state index in [1.165, 1.54) is 0 Å². The summed E-state index contributed by atoms with van der Waals surface area (Å²) in [4.78, 5) is 25.6. The van der Waals surface area contributed by atoms with Gasteiger partial charge >= 0.3 is 5.97 Å². The Balaban J connectivity index is 2.14. The molecule has 1 heterocycles. The van der Waals surface area contributed by atoms with Gasteiger partial charge in [-0.05, 0) is 44.4 Å². The van der Waals surface area contributed by atoms with E-state index in [1.807, 2.05) is 18.7 Å². The molecule has 2 rings (SSSR count). The van der Waals surface area contributed by atoms with Gasteiger partial charge in [0.05, 0.1) is 5.92 Å². The minimum Gasteiger partial charge on any atom is -0.481 e. The number of hydrogen-bond donors (Lipinski definition) is 1. The monoisotopic (exact) mass is 267 g/mol. The summed E-state index contributed by atoms with van der Waals surface area (Å²) in [6.07, 6.45) is 4.73. The van der Waals surface area contributed by atoms with Crippen LogP contribution in [0.15, 0.2) is 0 Å². The highest BCUT2D eigenvalue weighted by molar-refractivity contribution is 5.82. The Labute approximate surface area is 115 Å². The van der Waals surface area contributed by atoms with Crippen molar-refractivity contribution in [1.82, 2.24) is 4.90 Å². The molecule has 1 saturated heterocycles. The molecule has 0 bridgehead atoms. The van der Waals surface area contributed by atoms with Gasteiger partial charge in [-0.2, -0.15) is 0 Å². The van der Waals surface area contributed by atoms with Gasteiger partial charge in [-0.1, -0.05) is 13.8 Å². The van der Waals surface area contributed by atoms with E-state index in [0.717, 1.165) is 31.6 Å². The molecule has 0 radical (unpaired) electrons. The highest BCUT2D eigenvalue weighted by atomic mass is 16.4. The molecular formula is C15H25NO3. The summed E-state index contributed by atoms with van der Waals surface area (Å²) in [5, 5.41) is 9.39. The molecule has 0 spiro atoms. The topological polar surface area (TPSA) is 57.6 Å². The minimum atomic E-state index is -0.762. The fourth-order valence-electron chi connectivity index (χ4n) is 3.89. The van der Waals surface area contributed by atoms with Gasteiger partial charge < -0.3 is 10.0 Å². The Bertz CT molecular complexity index is 360. The van der Waals surface area contributed by atoms with E-state index in [2.05, 4.69) is 6.92 Å². The number of carboxylic acid groups (broad SMARTS) is 1. The van der Waals surface area contributed by atoms with Crippen LogP contribution in [0.4, 0.5) is 0 Å². The van der Waals surface area contributed by atoms with Crippen molar-refractivity contribution in [3.8, 4) is 0 Å². The van der Waals surface area contributed by atoms with E-state index >= 15 is 0 Å². The number of carbonyl (C=O) groups is 2. The predicted octanol–water partition coefficient (Wildman–Crippen LogP) is 2.52. The normalized spacial score (nSPS) is 40.3. The molecule has 2 aliphatic rings. The number of rotatable bonds is 2. The second-order valence-electron chi connectivity index (χ2n) is 6.50. The van der Waals surface area contributed by atoms with Crippen LogP contribution in [0.2, 0.25) is 0 Å². The number of carboxylic acids is 1. The van der Waals surface area contributed by atoms with Crippen molar-refractivity contribution < 1.29 is 14.7 Å². The standard InChI is InChI=1S/C15H25NO3/c1-9-4-6-12(7-5-9)16-11(3)14(15(18)19)10(2)8-13(16)17/h9-12,14H,4-8H2,1-3H3,(H,18,19). The lowest BCUT2D eigenvalue weighted by atomic mass is 9.78. The zero-order chi connectivity index (χ0) is 14.2. The van der Waals surface area contributed by atoms with Crippen molar-refractivity contribution in [1.29, 1.82) is 0 Å². The maximum Gasteiger partial charge on any atom is 0.308 e. The molecule has 1 N–H and O–H groups in total. The third-order valence-corrected chi connectivity index (χ3v) is 5.02. The van der Waals surface area contributed by atoms with Crippen molar-refractivity contribution in [3.63, 3.8) is 0 Å². The van der Waals surface area contributed by atoms with Crippen LogP contribution in [0.5, 0.6) is 0 Å². The van der Waals surface area contributed by atoms with Crippen LogP contribution in [-0.4, -0.2) is 34.0 Å². The summed E-state index contributed by atoms with van der Waals surface area (Å²) in [6.45, 7) is 6.04. The maximum atomic E-state index is 12.3. The molecule has 108 valence electrons. The molecule has 4 heteroatoms. The molecule has 1 aliphatic carbocycles. The highest BCUT2D eigenvalue weighted by Gasteiger charge is 2.44. The highest BCUT2D eigenvalue weighted by Crippen LogP contribution is 2.36.